The number of hydrogen-bond donors (Lipinski definition) is 1. The van der Waals surface area contributed by atoms with Crippen molar-refractivity contribution in [3.8, 4) is 0 Å². The van der Waals surface area contributed by atoms with E-state index in [0.29, 0.717) is 5.92 Å². The van der Waals surface area contributed by atoms with Crippen LogP contribution in [0.15, 0.2) is 24.3 Å². The molecule has 0 aliphatic heterocycles. The van der Waals surface area contributed by atoms with Crippen LogP contribution in [0.1, 0.15) is 74.5 Å². The quantitative estimate of drug-likeness (QED) is 0.818. The molecular weight excluding hydrogens is 264 g/mol. The third kappa shape index (κ3) is 3.40. The van der Waals surface area contributed by atoms with Crippen LogP contribution >= 0.6 is 11.8 Å². The van der Waals surface area contributed by atoms with Crippen LogP contribution in [0.5, 0.6) is 0 Å². The maximum atomic E-state index is 10.6. The van der Waals surface area contributed by atoms with Crippen LogP contribution in [-0.2, 0) is 0 Å². The molecule has 1 unspecified atom stereocenters. The van der Waals surface area contributed by atoms with Gasteiger partial charge in [0.15, 0.2) is 0 Å². The predicted octanol–water partition coefficient (Wildman–Crippen LogP) is 5.05. The molecule has 0 heterocycles. The fourth-order valence-electron chi connectivity index (χ4n) is 3.45. The average Bonchev–Trinajstić information content (AvgIpc) is 2.45. The van der Waals surface area contributed by atoms with Gasteiger partial charge in [-0.2, -0.15) is 11.8 Å². The first-order valence-electron chi connectivity index (χ1n) is 8.23. The van der Waals surface area contributed by atoms with Gasteiger partial charge in [-0.1, -0.05) is 49.9 Å². The van der Waals surface area contributed by atoms with E-state index in [1.165, 1.54) is 62.5 Å². The molecule has 2 fully saturated rings. The summed E-state index contributed by atoms with van der Waals surface area (Å²) in [5.74, 6) is 1.58. The molecule has 2 heteroatoms. The minimum Gasteiger partial charge on any atom is -0.388 e. The van der Waals surface area contributed by atoms with Crippen LogP contribution in [0.25, 0.3) is 0 Å². The minimum absolute atomic E-state index is 0.279. The Hall–Kier alpha value is -0.470. The summed E-state index contributed by atoms with van der Waals surface area (Å²) in [6.07, 6.45) is 10.6. The third-order valence-electron chi connectivity index (χ3n) is 4.94. The van der Waals surface area contributed by atoms with Crippen LogP contribution in [0, 0.1) is 0 Å². The second-order valence-corrected chi connectivity index (χ2v) is 7.70. The van der Waals surface area contributed by atoms with E-state index in [-0.39, 0.29) is 6.10 Å². The second-order valence-electron chi connectivity index (χ2n) is 6.37. The molecule has 1 N–H and O–H groups in total. The zero-order valence-electron chi connectivity index (χ0n) is 12.3. The van der Waals surface area contributed by atoms with Gasteiger partial charge in [0, 0.05) is 11.0 Å². The van der Waals surface area contributed by atoms with Gasteiger partial charge in [-0.05, 0) is 42.7 Å². The highest BCUT2D eigenvalue weighted by Gasteiger charge is 2.24. The third-order valence-corrected chi connectivity index (χ3v) is 6.39. The molecule has 20 heavy (non-hydrogen) atoms. The van der Waals surface area contributed by atoms with Gasteiger partial charge >= 0.3 is 0 Å². The van der Waals surface area contributed by atoms with E-state index in [9.17, 15) is 5.11 Å². The number of thioether (sulfide) groups is 1. The van der Waals surface area contributed by atoms with Crippen molar-refractivity contribution in [1.82, 2.24) is 0 Å². The predicted molar refractivity (Wildman–Crippen MR) is 87.3 cm³/mol. The van der Waals surface area contributed by atoms with Crippen LogP contribution in [-0.4, -0.2) is 16.1 Å². The summed E-state index contributed by atoms with van der Waals surface area (Å²) in [6.45, 7) is 0. The van der Waals surface area contributed by atoms with Crippen molar-refractivity contribution in [3.63, 3.8) is 0 Å². The first-order chi connectivity index (χ1) is 9.84. The standard InChI is InChI=1S/C18H26OS/c19-18(13-20-15-9-2-1-3-10-15)17-12-5-4-11-16(17)14-7-6-8-14/h4-5,11-12,14-15,18-19H,1-3,6-10,13H2. The van der Waals surface area contributed by atoms with Crippen molar-refractivity contribution in [2.75, 3.05) is 5.75 Å². The Morgan fingerprint density at radius 2 is 1.75 bits per heavy atom. The Labute approximate surface area is 127 Å². The van der Waals surface area contributed by atoms with Gasteiger partial charge in [0.05, 0.1) is 6.10 Å². The Bertz CT molecular complexity index is 421. The van der Waals surface area contributed by atoms with Gasteiger partial charge in [-0.25, -0.2) is 0 Å². The fourth-order valence-corrected chi connectivity index (χ4v) is 4.75. The van der Waals surface area contributed by atoms with Crippen molar-refractivity contribution in [2.24, 2.45) is 0 Å². The molecule has 0 saturated heterocycles. The summed E-state index contributed by atoms with van der Waals surface area (Å²) in [5, 5.41) is 11.4. The monoisotopic (exact) mass is 290 g/mol. The van der Waals surface area contributed by atoms with E-state index in [1.54, 1.807) is 0 Å². The molecule has 0 amide bonds. The van der Waals surface area contributed by atoms with Gasteiger partial charge in [0.1, 0.15) is 0 Å². The Morgan fingerprint density at radius 1 is 1.00 bits per heavy atom. The van der Waals surface area contributed by atoms with Crippen molar-refractivity contribution in [3.05, 3.63) is 35.4 Å². The lowest BCUT2D eigenvalue weighted by molar-refractivity contribution is 0.201. The van der Waals surface area contributed by atoms with Gasteiger partial charge in [0.2, 0.25) is 0 Å². The van der Waals surface area contributed by atoms with Crippen molar-refractivity contribution < 1.29 is 5.11 Å². The van der Waals surface area contributed by atoms with E-state index >= 15 is 0 Å². The van der Waals surface area contributed by atoms with Crippen LogP contribution in [0.4, 0.5) is 0 Å². The van der Waals surface area contributed by atoms with E-state index in [0.717, 1.165) is 11.0 Å². The highest BCUT2D eigenvalue weighted by atomic mass is 32.2. The van der Waals surface area contributed by atoms with E-state index < -0.39 is 0 Å². The number of hydrogen-bond acceptors (Lipinski definition) is 2. The fraction of sp³-hybridized carbons (Fsp3) is 0.667. The first kappa shape index (κ1) is 14.5. The Morgan fingerprint density at radius 3 is 2.45 bits per heavy atom. The van der Waals surface area contributed by atoms with Gasteiger partial charge in [-0.3, -0.25) is 0 Å². The molecule has 1 nitrogen and oxygen atoms in total. The van der Waals surface area contributed by atoms with Crippen LogP contribution in [0.3, 0.4) is 0 Å². The second kappa shape index (κ2) is 7.00. The molecule has 3 rings (SSSR count). The lowest BCUT2D eigenvalue weighted by atomic mass is 9.77. The van der Waals surface area contributed by atoms with Gasteiger partial charge in [0.25, 0.3) is 0 Å². The maximum absolute atomic E-state index is 10.6. The normalized spacial score (nSPS) is 22.4. The number of rotatable bonds is 5. The minimum atomic E-state index is -0.279. The number of benzene rings is 1. The smallest absolute Gasteiger partial charge is 0.0883 e. The summed E-state index contributed by atoms with van der Waals surface area (Å²) < 4.78 is 0. The zero-order chi connectivity index (χ0) is 13.8. The number of aliphatic hydroxyl groups excluding tert-OH is 1. The summed E-state index contributed by atoms with van der Waals surface area (Å²) in [4.78, 5) is 0. The van der Waals surface area contributed by atoms with Crippen molar-refractivity contribution in [1.29, 1.82) is 0 Å². The molecule has 0 aromatic heterocycles. The van der Waals surface area contributed by atoms with E-state index in [1.807, 2.05) is 11.8 Å². The summed E-state index contributed by atoms with van der Waals surface area (Å²) in [7, 11) is 0. The van der Waals surface area contributed by atoms with Gasteiger partial charge in [-0.15, -0.1) is 0 Å². The molecule has 0 spiro atoms. The molecule has 0 bridgehead atoms. The summed E-state index contributed by atoms with van der Waals surface area (Å²) >= 11 is 2.00. The van der Waals surface area contributed by atoms with Crippen molar-refractivity contribution in [2.45, 2.75) is 68.6 Å². The number of aliphatic hydroxyl groups is 1. The lowest BCUT2D eigenvalue weighted by Gasteiger charge is -2.29. The SMILES string of the molecule is OC(CSC1CCCCC1)c1ccccc1C1CCC1. The maximum Gasteiger partial charge on any atom is 0.0883 e. The topological polar surface area (TPSA) is 20.2 Å². The average molecular weight is 290 g/mol. The van der Waals surface area contributed by atoms with E-state index in [4.69, 9.17) is 0 Å². The molecule has 2 aliphatic rings. The molecular formula is C18H26OS. The highest BCUT2D eigenvalue weighted by molar-refractivity contribution is 7.99. The molecule has 2 aliphatic carbocycles. The Balaban J connectivity index is 1.59. The van der Waals surface area contributed by atoms with Gasteiger partial charge < -0.3 is 5.11 Å². The summed E-state index contributed by atoms with van der Waals surface area (Å²) in [6, 6.07) is 8.57. The Kier molecular flexibility index (Phi) is 5.06. The molecule has 2 saturated carbocycles. The van der Waals surface area contributed by atoms with E-state index in [2.05, 4.69) is 24.3 Å². The van der Waals surface area contributed by atoms with Crippen molar-refractivity contribution >= 4 is 11.8 Å². The molecule has 1 atom stereocenters. The van der Waals surface area contributed by atoms with Crippen LogP contribution in [0.2, 0.25) is 0 Å². The molecule has 1 aromatic carbocycles. The van der Waals surface area contributed by atoms with Crippen LogP contribution < -0.4 is 0 Å². The molecule has 0 radical (unpaired) electrons. The molecule has 110 valence electrons. The first-order valence-corrected chi connectivity index (χ1v) is 9.28. The lowest BCUT2D eigenvalue weighted by Crippen LogP contribution is -2.15. The molecule has 1 aromatic rings. The largest absolute Gasteiger partial charge is 0.388 e. The highest BCUT2D eigenvalue weighted by Crippen LogP contribution is 2.40. The summed E-state index contributed by atoms with van der Waals surface area (Å²) in [5.41, 5.74) is 2.61. The zero-order valence-corrected chi connectivity index (χ0v) is 13.1.